The first kappa shape index (κ1) is 18.4. The maximum Gasteiger partial charge on any atom is 0.263 e. The smallest absolute Gasteiger partial charge is 0.263 e. The van der Waals surface area contributed by atoms with Crippen molar-refractivity contribution in [3.63, 3.8) is 0 Å². The van der Waals surface area contributed by atoms with Gasteiger partial charge in [-0.15, -0.1) is 0 Å². The van der Waals surface area contributed by atoms with E-state index in [4.69, 9.17) is 32.7 Å². The summed E-state index contributed by atoms with van der Waals surface area (Å²) in [6, 6.07) is 12.4. The van der Waals surface area contributed by atoms with Crippen molar-refractivity contribution in [2.75, 3.05) is 14.2 Å². The molecule has 128 valence electrons. The first-order valence-corrected chi connectivity index (χ1v) is 8.16. The number of rotatable bonds is 6. The largest absolute Gasteiger partial charge is 0.497 e. The third-order valence-corrected chi connectivity index (χ3v) is 4.39. The van der Waals surface area contributed by atoms with E-state index in [0.717, 1.165) is 11.3 Å². The Labute approximate surface area is 151 Å². The van der Waals surface area contributed by atoms with Crippen molar-refractivity contribution >= 4 is 29.1 Å². The van der Waals surface area contributed by atoms with Crippen molar-refractivity contribution in [3.05, 3.63) is 58.1 Å². The highest BCUT2D eigenvalue weighted by atomic mass is 35.5. The molecule has 0 saturated carbocycles. The highest BCUT2D eigenvalue weighted by molar-refractivity contribution is 6.42. The Morgan fingerprint density at radius 1 is 1.12 bits per heavy atom. The second kappa shape index (κ2) is 8.27. The molecule has 0 aliphatic carbocycles. The van der Waals surface area contributed by atoms with Crippen LogP contribution in [0.25, 0.3) is 0 Å². The van der Waals surface area contributed by atoms with E-state index in [1.54, 1.807) is 62.4 Å². The van der Waals surface area contributed by atoms with E-state index in [1.165, 1.54) is 0 Å². The van der Waals surface area contributed by atoms with Crippen LogP contribution in [0.1, 0.15) is 12.5 Å². The Kier molecular flexibility index (Phi) is 6.35. The number of halogens is 2. The predicted molar refractivity (Wildman–Crippen MR) is 96.0 cm³/mol. The van der Waals surface area contributed by atoms with Crippen LogP contribution in [0.5, 0.6) is 11.5 Å². The summed E-state index contributed by atoms with van der Waals surface area (Å²) in [7, 11) is 3.30. The lowest BCUT2D eigenvalue weighted by molar-refractivity contribution is -0.137. The second-order valence-corrected chi connectivity index (χ2v) is 6.13. The van der Waals surface area contributed by atoms with Gasteiger partial charge in [-0.2, -0.15) is 0 Å². The molecule has 0 aliphatic heterocycles. The van der Waals surface area contributed by atoms with Crippen LogP contribution in [0, 0.1) is 0 Å². The lowest BCUT2D eigenvalue weighted by atomic mass is 10.2. The van der Waals surface area contributed by atoms with E-state index in [0.29, 0.717) is 22.3 Å². The number of benzene rings is 2. The van der Waals surface area contributed by atoms with E-state index in [-0.39, 0.29) is 5.91 Å². The standard InChI is InChI=1S/C18H19Cl2NO3/c1-12(24-15-9-7-14(23-3)8-10-15)18(22)21(2)11-13-5-4-6-16(19)17(13)20/h4-10,12H,11H2,1-3H3/t12-/m1/s1. The zero-order valence-electron chi connectivity index (χ0n) is 13.8. The fraction of sp³-hybridized carbons (Fsp3) is 0.278. The zero-order valence-corrected chi connectivity index (χ0v) is 15.3. The van der Waals surface area contributed by atoms with Gasteiger partial charge in [-0.25, -0.2) is 0 Å². The van der Waals surface area contributed by atoms with Gasteiger partial charge in [0, 0.05) is 13.6 Å². The average Bonchev–Trinajstić information content (AvgIpc) is 2.58. The summed E-state index contributed by atoms with van der Waals surface area (Å²) in [4.78, 5) is 14.0. The Hall–Kier alpha value is -1.91. The van der Waals surface area contributed by atoms with Gasteiger partial charge in [0.2, 0.25) is 0 Å². The van der Waals surface area contributed by atoms with E-state index in [9.17, 15) is 4.79 Å². The highest BCUT2D eigenvalue weighted by Crippen LogP contribution is 2.26. The molecule has 0 bridgehead atoms. The summed E-state index contributed by atoms with van der Waals surface area (Å²) >= 11 is 12.2. The molecule has 1 atom stereocenters. The summed E-state index contributed by atoms with van der Waals surface area (Å²) in [5.74, 6) is 1.18. The number of likely N-dealkylation sites (N-methyl/N-ethyl adjacent to an activating group) is 1. The summed E-state index contributed by atoms with van der Waals surface area (Å²) in [6.45, 7) is 2.07. The molecule has 0 aromatic heterocycles. The van der Waals surface area contributed by atoms with E-state index < -0.39 is 6.10 Å². The number of ether oxygens (including phenoxy) is 2. The number of amides is 1. The van der Waals surface area contributed by atoms with E-state index >= 15 is 0 Å². The van der Waals surface area contributed by atoms with Crippen LogP contribution in [0.2, 0.25) is 10.0 Å². The number of carbonyl (C=O) groups excluding carboxylic acids is 1. The molecule has 4 nitrogen and oxygen atoms in total. The minimum Gasteiger partial charge on any atom is -0.497 e. The predicted octanol–water partition coefficient (Wildman–Crippen LogP) is 4.43. The Morgan fingerprint density at radius 2 is 1.75 bits per heavy atom. The van der Waals surface area contributed by atoms with Crippen LogP contribution in [0.4, 0.5) is 0 Å². The quantitative estimate of drug-likeness (QED) is 0.757. The summed E-state index contributed by atoms with van der Waals surface area (Å²) in [5.41, 5.74) is 0.789. The van der Waals surface area contributed by atoms with Gasteiger partial charge in [0.1, 0.15) is 11.5 Å². The van der Waals surface area contributed by atoms with Crippen molar-refractivity contribution in [3.8, 4) is 11.5 Å². The number of methoxy groups -OCH3 is 1. The molecule has 0 radical (unpaired) electrons. The van der Waals surface area contributed by atoms with Crippen LogP contribution in [-0.4, -0.2) is 31.1 Å². The summed E-state index contributed by atoms with van der Waals surface area (Å²) in [6.07, 6.45) is -0.624. The third kappa shape index (κ3) is 4.56. The van der Waals surface area contributed by atoms with Crippen molar-refractivity contribution < 1.29 is 14.3 Å². The van der Waals surface area contributed by atoms with Crippen molar-refractivity contribution in [2.24, 2.45) is 0 Å². The molecule has 1 amide bonds. The Morgan fingerprint density at radius 3 is 2.38 bits per heavy atom. The van der Waals surface area contributed by atoms with Gasteiger partial charge in [-0.1, -0.05) is 35.3 Å². The highest BCUT2D eigenvalue weighted by Gasteiger charge is 2.20. The van der Waals surface area contributed by atoms with Crippen LogP contribution in [0.15, 0.2) is 42.5 Å². The molecule has 0 unspecified atom stereocenters. The van der Waals surface area contributed by atoms with Gasteiger partial charge in [0.25, 0.3) is 5.91 Å². The minimum absolute atomic E-state index is 0.151. The van der Waals surface area contributed by atoms with Crippen LogP contribution in [0.3, 0.4) is 0 Å². The zero-order chi connectivity index (χ0) is 17.7. The average molecular weight is 368 g/mol. The number of hydrogen-bond acceptors (Lipinski definition) is 3. The van der Waals surface area contributed by atoms with Gasteiger partial charge in [-0.3, -0.25) is 4.79 Å². The van der Waals surface area contributed by atoms with Crippen LogP contribution in [-0.2, 0) is 11.3 Å². The molecule has 0 N–H and O–H groups in total. The first-order valence-electron chi connectivity index (χ1n) is 7.41. The maximum absolute atomic E-state index is 12.5. The van der Waals surface area contributed by atoms with E-state index in [2.05, 4.69) is 0 Å². The molecule has 0 fully saturated rings. The van der Waals surface area contributed by atoms with Gasteiger partial charge >= 0.3 is 0 Å². The van der Waals surface area contributed by atoms with Crippen molar-refractivity contribution in [1.29, 1.82) is 0 Å². The number of hydrogen-bond donors (Lipinski definition) is 0. The summed E-state index contributed by atoms with van der Waals surface area (Å²) < 4.78 is 10.8. The van der Waals surface area contributed by atoms with Crippen LogP contribution < -0.4 is 9.47 Å². The second-order valence-electron chi connectivity index (χ2n) is 5.34. The lowest BCUT2D eigenvalue weighted by Gasteiger charge is -2.23. The molecule has 24 heavy (non-hydrogen) atoms. The Balaban J connectivity index is 1.99. The van der Waals surface area contributed by atoms with E-state index in [1.807, 2.05) is 6.07 Å². The molecule has 0 spiro atoms. The van der Waals surface area contributed by atoms with Gasteiger partial charge in [0.05, 0.1) is 17.2 Å². The monoisotopic (exact) mass is 367 g/mol. The van der Waals surface area contributed by atoms with Gasteiger partial charge < -0.3 is 14.4 Å². The first-order chi connectivity index (χ1) is 11.4. The number of nitrogens with zero attached hydrogens (tertiary/aromatic N) is 1. The molecule has 2 aromatic rings. The van der Waals surface area contributed by atoms with Crippen LogP contribution >= 0.6 is 23.2 Å². The lowest BCUT2D eigenvalue weighted by Crippen LogP contribution is -2.37. The molecule has 0 saturated heterocycles. The molecular weight excluding hydrogens is 349 g/mol. The van der Waals surface area contributed by atoms with Crippen molar-refractivity contribution in [1.82, 2.24) is 4.90 Å². The fourth-order valence-corrected chi connectivity index (χ4v) is 2.60. The molecule has 0 aliphatic rings. The maximum atomic E-state index is 12.5. The molecule has 2 aromatic carbocycles. The SMILES string of the molecule is COc1ccc(O[C@H](C)C(=O)N(C)Cc2cccc(Cl)c2Cl)cc1. The molecule has 0 heterocycles. The van der Waals surface area contributed by atoms with Crippen molar-refractivity contribution in [2.45, 2.75) is 19.6 Å². The fourth-order valence-electron chi connectivity index (χ4n) is 2.22. The topological polar surface area (TPSA) is 38.8 Å². The number of carbonyl (C=O) groups is 1. The normalized spacial score (nSPS) is 11.7. The molecule has 6 heteroatoms. The third-order valence-electron chi connectivity index (χ3n) is 3.54. The summed E-state index contributed by atoms with van der Waals surface area (Å²) in [5, 5.41) is 0.931. The van der Waals surface area contributed by atoms with Gasteiger partial charge in [-0.05, 0) is 42.8 Å². The Bertz CT molecular complexity index is 704. The minimum atomic E-state index is -0.624. The molecular formula is C18H19Cl2NO3. The van der Waals surface area contributed by atoms with Gasteiger partial charge in [0.15, 0.2) is 6.10 Å². The molecule has 2 rings (SSSR count).